The molecule has 4 rings (SSSR count). The van der Waals surface area contributed by atoms with Crippen LogP contribution >= 0.6 is 11.3 Å². The molecule has 3 nitrogen and oxygen atoms in total. The van der Waals surface area contributed by atoms with E-state index in [1.807, 2.05) is 11.3 Å². The number of piperidine rings is 1. The molecule has 3 aliphatic rings. The van der Waals surface area contributed by atoms with Crippen molar-refractivity contribution in [3.63, 3.8) is 0 Å². The van der Waals surface area contributed by atoms with Gasteiger partial charge in [0.15, 0.2) is 0 Å². The fraction of sp³-hybridized carbons (Fsp3) is 0.789. The van der Waals surface area contributed by atoms with Crippen LogP contribution in [0, 0.1) is 11.8 Å². The van der Waals surface area contributed by atoms with Gasteiger partial charge in [-0.3, -0.25) is 4.90 Å². The zero-order chi connectivity index (χ0) is 15.5. The van der Waals surface area contributed by atoms with E-state index in [2.05, 4.69) is 22.4 Å². The molecule has 0 bridgehead atoms. The van der Waals surface area contributed by atoms with Crippen LogP contribution in [0.15, 0.2) is 17.5 Å². The van der Waals surface area contributed by atoms with Crippen LogP contribution in [-0.2, 0) is 16.0 Å². The molecule has 23 heavy (non-hydrogen) atoms. The zero-order valence-corrected chi connectivity index (χ0v) is 14.9. The first-order valence-electron chi connectivity index (χ1n) is 9.30. The quantitative estimate of drug-likeness (QED) is 0.705. The first-order chi connectivity index (χ1) is 11.3. The summed E-state index contributed by atoms with van der Waals surface area (Å²) in [6.45, 7) is 6.36. The molecule has 0 amide bonds. The molecule has 1 aromatic rings. The van der Waals surface area contributed by atoms with Crippen LogP contribution in [0.1, 0.15) is 43.4 Å². The summed E-state index contributed by atoms with van der Waals surface area (Å²) in [5.41, 5.74) is 0.162. The molecule has 1 atom stereocenters. The van der Waals surface area contributed by atoms with E-state index >= 15 is 0 Å². The second-order valence-electron chi connectivity index (χ2n) is 7.56. The predicted molar refractivity (Wildman–Crippen MR) is 93.8 cm³/mol. The van der Waals surface area contributed by atoms with Gasteiger partial charge < -0.3 is 9.47 Å². The van der Waals surface area contributed by atoms with Gasteiger partial charge in [0.05, 0.1) is 5.60 Å². The van der Waals surface area contributed by atoms with Gasteiger partial charge in [0, 0.05) is 44.3 Å². The van der Waals surface area contributed by atoms with Crippen LogP contribution < -0.4 is 0 Å². The molecule has 0 unspecified atom stereocenters. The highest BCUT2D eigenvalue weighted by atomic mass is 32.1. The van der Waals surface area contributed by atoms with E-state index in [-0.39, 0.29) is 5.60 Å². The lowest BCUT2D eigenvalue weighted by atomic mass is 9.78. The van der Waals surface area contributed by atoms with Gasteiger partial charge in [0.1, 0.15) is 0 Å². The molecule has 1 saturated carbocycles. The highest BCUT2D eigenvalue weighted by Crippen LogP contribution is 2.42. The minimum Gasteiger partial charge on any atom is -0.381 e. The van der Waals surface area contributed by atoms with Crippen LogP contribution in [0.2, 0.25) is 0 Å². The second-order valence-corrected chi connectivity index (χ2v) is 8.59. The summed E-state index contributed by atoms with van der Waals surface area (Å²) in [5.74, 6) is 1.59. The van der Waals surface area contributed by atoms with Crippen molar-refractivity contribution in [2.45, 2.75) is 50.7 Å². The van der Waals surface area contributed by atoms with Crippen molar-refractivity contribution in [3.05, 3.63) is 22.4 Å². The summed E-state index contributed by atoms with van der Waals surface area (Å²) in [6, 6.07) is 4.41. The van der Waals surface area contributed by atoms with Gasteiger partial charge in [-0.2, -0.15) is 0 Å². The predicted octanol–water partition coefficient (Wildman–Crippen LogP) is 3.94. The van der Waals surface area contributed by atoms with E-state index in [9.17, 15) is 0 Å². The Morgan fingerprint density at radius 3 is 2.87 bits per heavy atom. The van der Waals surface area contributed by atoms with Crippen molar-refractivity contribution in [2.75, 3.05) is 32.9 Å². The Bertz CT molecular complexity index is 478. The van der Waals surface area contributed by atoms with Crippen molar-refractivity contribution in [2.24, 2.45) is 11.8 Å². The molecule has 2 saturated heterocycles. The number of hydrogen-bond donors (Lipinski definition) is 0. The Kier molecular flexibility index (Phi) is 5.04. The summed E-state index contributed by atoms with van der Waals surface area (Å²) >= 11 is 1.87. The number of hydrogen-bond acceptors (Lipinski definition) is 4. The smallest absolute Gasteiger partial charge is 0.0736 e. The molecule has 2 aliphatic heterocycles. The Hall–Kier alpha value is -0.420. The molecular formula is C19H29NO2S. The normalized spacial score (nSPS) is 27.7. The maximum absolute atomic E-state index is 6.29. The van der Waals surface area contributed by atoms with Crippen molar-refractivity contribution < 1.29 is 9.47 Å². The van der Waals surface area contributed by atoms with E-state index in [1.54, 1.807) is 0 Å². The fourth-order valence-corrected chi connectivity index (χ4v) is 4.96. The van der Waals surface area contributed by atoms with Gasteiger partial charge in [0.2, 0.25) is 0 Å². The number of likely N-dealkylation sites (tertiary alicyclic amines) is 1. The Morgan fingerprint density at radius 2 is 2.13 bits per heavy atom. The molecule has 3 heterocycles. The second kappa shape index (κ2) is 7.22. The minimum absolute atomic E-state index is 0.162. The van der Waals surface area contributed by atoms with E-state index in [0.29, 0.717) is 5.92 Å². The maximum atomic E-state index is 6.29. The average molecular weight is 336 g/mol. The van der Waals surface area contributed by atoms with Crippen LogP contribution in [-0.4, -0.2) is 43.4 Å². The van der Waals surface area contributed by atoms with Gasteiger partial charge >= 0.3 is 0 Å². The van der Waals surface area contributed by atoms with E-state index in [4.69, 9.17) is 9.47 Å². The van der Waals surface area contributed by atoms with Crippen molar-refractivity contribution in [1.29, 1.82) is 0 Å². The van der Waals surface area contributed by atoms with Crippen LogP contribution in [0.4, 0.5) is 0 Å². The summed E-state index contributed by atoms with van der Waals surface area (Å²) in [6.07, 6.45) is 7.60. The number of nitrogens with zero attached hydrogens (tertiary/aromatic N) is 1. The Balaban J connectivity index is 1.24. The number of thiophene rings is 1. The topological polar surface area (TPSA) is 21.7 Å². The number of ether oxygens (including phenoxy) is 2. The first kappa shape index (κ1) is 16.1. The van der Waals surface area contributed by atoms with Gasteiger partial charge in [-0.05, 0) is 61.8 Å². The third-order valence-corrected chi connectivity index (χ3v) is 6.78. The van der Waals surface area contributed by atoms with Crippen molar-refractivity contribution in [3.8, 4) is 0 Å². The van der Waals surface area contributed by atoms with Crippen molar-refractivity contribution in [1.82, 2.24) is 4.90 Å². The summed E-state index contributed by atoms with van der Waals surface area (Å²) in [4.78, 5) is 4.08. The summed E-state index contributed by atoms with van der Waals surface area (Å²) in [7, 11) is 0. The van der Waals surface area contributed by atoms with Crippen LogP contribution in [0.5, 0.6) is 0 Å². The van der Waals surface area contributed by atoms with Crippen molar-refractivity contribution >= 4 is 11.3 Å². The molecule has 128 valence electrons. The highest BCUT2D eigenvalue weighted by molar-refractivity contribution is 7.09. The molecular weight excluding hydrogens is 306 g/mol. The van der Waals surface area contributed by atoms with E-state index < -0.39 is 0 Å². The van der Waals surface area contributed by atoms with Crippen LogP contribution in [0.3, 0.4) is 0 Å². The molecule has 3 fully saturated rings. The monoisotopic (exact) mass is 335 g/mol. The first-order valence-corrected chi connectivity index (χ1v) is 10.2. The Labute approximate surface area is 144 Å². The maximum Gasteiger partial charge on any atom is 0.0736 e. The average Bonchev–Trinajstić information content (AvgIpc) is 3.10. The zero-order valence-electron chi connectivity index (χ0n) is 14.0. The molecule has 0 aromatic carbocycles. The molecule has 0 N–H and O–H groups in total. The van der Waals surface area contributed by atoms with Gasteiger partial charge in [0.25, 0.3) is 0 Å². The van der Waals surface area contributed by atoms with E-state index in [1.165, 1.54) is 56.5 Å². The van der Waals surface area contributed by atoms with E-state index in [0.717, 1.165) is 32.3 Å². The lowest BCUT2D eigenvalue weighted by Crippen LogP contribution is -2.47. The fourth-order valence-electron chi connectivity index (χ4n) is 4.22. The minimum atomic E-state index is 0.162. The van der Waals surface area contributed by atoms with Crippen LogP contribution in [0.25, 0.3) is 0 Å². The highest BCUT2D eigenvalue weighted by Gasteiger charge is 2.45. The SMILES string of the molecule is c1csc(CN2CCC3(CC2)OCC[C@@H]3CCOCC2CC2)c1. The largest absolute Gasteiger partial charge is 0.381 e. The molecule has 1 aliphatic carbocycles. The summed E-state index contributed by atoms with van der Waals surface area (Å²) < 4.78 is 12.2. The standard InChI is InChI=1S/C19H29NO2S/c1-2-18(23-13-1)14-20-9-7-19(8-10-20)17(6-12-22-19)5-11-21-15-16-3-4-16/h1-2,13,16-17H,3-12,14-15H2/t17-/m0/s1. The third-order valence-electron chi connectivity index (χ3n) is 5.92. The molecule has 1 spiro atoms. The van der Waals surface area contributed by atoms with Gasteiger partial charge in [-0.25, -0.2) is 0 Å². The number of rotatable bonds is 7. The summed E-state index contributed by atoms with van der Waals surface area (Å²) in [5, 5.41) is 2.18. The lowest BCUT2D eigenvalue weighted by Gasteiger charge is -2.42. The molecule has 1 aromatic heterocycles. The van der Waals surface area contributed by atoms with Gasteiger partial charge in [-0.1, -0.05) is 6.07 Å². The molecule has 4 heteroatoms. The lowest BCUT2D eigenvalue weighted by molar-refractivity contribution is -0.0730. The van der Waals surface area contributed by atoms with Gasteiger partial charge in [-0.15, -0.1) is 11.3 Å². The Morgan fingerprint density at radius 1 is 1.26 bits per heavy atom. The molecule has 0 radical (unpaired) electrons. The third kappa shape index (κ3) is 3.98.